The predicted octanol–water partition coefficient (Wildman–Crippen LogP) is 5.41. The molecule has 0 radical (unpaired) electrons. The van der Waals surface area contributed by atoms with E-state index in [1.807, 2.05) is 0 Å². The van der Waals surface area contributed by atoms with Gasteiger partial charge in [0.2, 0.25) is 0 Å². The van der Waals surface area contributed by atoms with Gasteiger partial charge in [-0.05, 0) is 73.2 Å². The molecule has 0 aliphatic rings. The van der Waals surface area contributed by atoms with Crippen LogP contribution in [0, 0.1) is 0 Å². The number of rotatable bonds is 9. The fourth-order valence-corrected chi connectivity index (χ4v) is 3.09. The molecule has 3 rings (SSSR count). The van der Waals surface area contributed by atoms with Crippen molar-refractivity contribution < 1.29 is 41.4 Å². The average Bonchev–Trinajstić information content (AvgIpc) is 2.85. The normalized spacial score (nSPS) is 11.8. The molecule has 0 aliphatic carbocycles. The van der Waals surface area contributed by atoms with Crippen molar-refractivity contribution in [3.8, 4) is 11.5 Å². The van der Waals surface area contributed by atoms with Crippen LogP contribution in [0.5, 0.6) is 11.5 Å². The molecule has 0 aliphatic heterocycles. The summed E-state index contributed by atoms with van der Waals surface area (Å²) in [7, 11) is 0. The minimum Gasteiger partial charge on any atom is -0.462 e. The summed E-state index contributed by atoms with van der Waals surface area (Å²) in [6.45, 7) is 1.82. The molecule has 0 amide bonds. The van der Waals surface area contributed by atoms with Crippen molar-refractivity contribution in [2.24, 2.45) is 0 Å². The van der Waals surface area contributed by atoms with E-state index < -0.39 is 30.2 Å². The van der Waals surface area contributed by atoms with Crippen molar-refractivity contribution in [1.82, 2.24) is 0 Å². The van der Waals surface area contributed by atoms with Gasteiger partial charge in [0.25, 0.3) is 0 Å². The Morgan fingerprint density at radius 1 is 0.946 bits per heavy atom. The second-order valence-electron chi connectivity index (χ2n) is 7.57. The number of anilines is 2. The lowest BCUT2D eigenvalue weighted by atomic mass is 10.0. The Kier molecular flexibility index (Phi) is 8.38. The quantitative estimate of drug-likeness (QED) is 0.0972. The lowest BCUT2D eigenvalue weighted by molar-refractivity contribution is -0.253. The summed E-state index contributed by atoms with van der Waals surface area (Å²) in [4.78, 5) is 24.9. The molecule has 0 bridgehead atoms. The third-order valence-electron chi connectivity index (χ3n) is 4.86. The van der Waals surface area contributed by atoms with Crippen LogP contribution in [-0.2, 0) is 9.53 Å². The van der Waals surface area contributed by atoms with Gasteiger partial charge in [-0.25, -0.2) is 9.59 Å². The van der Waals surface area contributed by atoms with Crippen LogP contribution in [0.3, 0.4) is 0 Å². The number of carbonyl (C=O) groups excluding carboxylic acids is 2. The van der Waals surface area contributed by atoms with Crippen molar-refractivity contribution >= 4 is 35.0 Å². The van der Waals surface area contributed by atoms with Gasteiger partial charge in [-0.3, -0.25) is 0 Å². The topological polar surface area (TPSA) is 114 Å². The summed E-state index contributed by atoms with van der Waals surface area (Å²) < 4.78 is 64.8. The molecular formula is C26H22F4N2O5. The number of hydrogen-bond acceptors (Lipinski definition) is 7. The highest BCUT2D eigenvalue weighted by Crippen LogP contribution is 2.29. The van der Waals surface area contributed by atoms with Crippen molar-refractivity contribution in [1.29, 1.82) is 0 Å². The zero-order valence-corrected chi connectivity index (χ0v) is 19.4. The molecule has 0 saturated heterocycles. The maximum absolute atomic E-state index is 13.0. The smallest absolute Gasteiger partial charge is 0.461 e. The number of benzene rings is 3. The van der Waals surface area contributed by atoms with E-state index in [1.54, 1.807) is 43.3 Å². The minimum atomic E-state index is -4.66. The van der Waals surface area contributed by atoms with E-state index in [0.29, 0.717) is 22.5 Å². The van der Waals surface area contributed by atoms with Crippen LogP contribution in [0.15, 0.2) is 66.7 Å². The van der Waals surface area contributed by atoms with Crippen LogP contribution in [0.25, 0.3) is 11.6 Å². The van der Waals surface area contributed by atoms with Crippen LogP contribution in [-0.4, -0.2) is 31.1 Å². The number of nitrogen functional groups attached to an aromatic ring is 2. The number of ether oxygens (including phenoxy) is 3. The third-order valence-corrected chi connectivity index (χ3v) is 4.86. The highest BCUT2D eigenvalue weighted by molar-refractivity contribution is 6.23. The number of carbonyl (C=O) groups is 2. The first kappa shape index (κ1) is 27.1. The number of alkyl halides is 4. The van der Waals surface area contributed by atoms with Gasteiger partial charge in [0.1, 0.15) is 11.5 Å². The van der Waals surface area contributed by atoms with Gasteiger partial charge in [0.15, 0.2) is 0 Å². The molecule has 0 fully saturated rings. The average molecular weight is 518 g/mol. The summed E-state index contributed by atoms with van der Waals surface area (Å²) >= 11 is 0. The molecule has 0 spiro atoms. The Morgan fingerprint density at radius 2 is 1.57 bits per heavy atom. The SMILES string of the molecule is CCOC(=O)C(=Cc1ccc(OC(=O)c2ccc(OC(F)(F)C(F)F)cc2)cc1)c1cc(N)ccc1N. The molecule has 37 heavy (non-hydrogen) atoms. The summed E-state index contributed by atoms with van der Waals surface area (Å²) in [5.74, 6) is -1.83. The molecule has 0 aromatic heterocycles. The summed E-state index contributed by atoms with van der Waals surface area (Å²) in [5.41, 5.74) is 13.7. The maximum Gasteiger partial charge on any atom is 0.461 e. The first-order valence-corrected chi connectivity index (χ1v) is 10.8. The molecule has 3 aromatic rings. The Hall–Kier alpha value is -4.54. The lowest BCUT2D eigenvalue weighted by Crippen LogP contribution is -2.33. The predicted molar refractivity (Wildman–Crippen MR) is 129 cm³/mol. The Labute approximate surface area is 209 Å². The monoisotopic (exact) mass is 518 g/mol. The second kappa shape index (κ2) is 11.5. The fraction of sp³-hybridized carbons (Fsp3) is 0.154. The first-order chi connectivity index (χ1) is 17.5. The van der Waals surface area contributed by atoms with Crippen molar-refractivity contribution in [2.75, 3.05) is 18.1 Å². The Morgan fingerprint density at radius 3 is 2.16 bits per heavy atom. The zero-order valence-electron chi connectivity index (χ0n) is 19.4. The molecule has 3 aromatic carbocycles. The molecule has 0 saturated carbocycles. The largest absolute Gasteiger partial charge is 0.462 e. The number of esters is 2. The zero-order chi connectivity index (χ0) is 27.2. The maximum atomic E-state index is 13.0. The van der Waals surface area contributed by atoms with Crippen LogP contribution < -0.4 is 20.9 Å². The van der Waals surface area contributed by atoms with Crippen LogP contribution in [0.2, 0.25) is 0 Å². The minimum absolute atomic E-state index is 0.0292. The fourth-order valence-electron chi connectivity index (χ4n) is 3.09. The van der Waals surface area contributed by atoms with Gasteiger partial charge in [-0.1, -0.05) is 12.1 Å². The Bertz CT molecular complexity index is 1290. The molecular weight excluding hydrogens is 496 g/mol. The second-order valence-corrected chi connectivity index (χ2v) is 7.57. The van der Waals surface area contributed by atoms with Gasteiger partial charge >= 0.3 is 24.5 Å². The van der Waals surface area contributed by atoms with Crippen LogP contribution >= 0.6 is 0 Å². The van der Waals surface area contributed by atoms with E-state index in [-0.39, 0.29) is 23.5 Å². The van der Waals surface area contributed by atoms with Gasteiger partial charge < -0.3 is 25.7 Å². The van der Waals surface area contributed by atoms with E-state index in [0.717, 1.165) is 24.3 Å². The molecule has 11 heteroatoms. The summed E-state index contributed by atoms with van der Waals surface area (Å²) in [6, 6.07) is 14.9. The molecule has 4 N–H and O–H groups in total. The number of nitrogens with two attached hydrogens (primary N) is 2. The van der Waals surface area contributed by atoms with Crippen molar-refractivity contribution in [3.05, 3.63) is 83.4 Å². The highest BCUT2D eigenvalue weighted by atomic mass is 19.3. The molecule has 194 valence electrons. The third kappa shape index (κ3) is 7.00. The number of hydrogen-bond donors (Lipinski definition) is 2. The van der Waals surface area contributed by atoms with E-state index in [4.69, 9.17) is 20.9 Å². The molecule has 0 heterocycles. The molecule has 0 unspecified atom stereocenters. The van der Waals surface area contributed by atoms with E-state index in [1.165, 1.54) is 12.1 Å². The van der Waals surface area contributed by atoms with Crippen LogP contribution in [0.4, 0.5) is 28.9 Å². The van der Waals surface area contributed by atoms with Gasteiger partial charge in [0.05, 0.1) is 17.7 Å². The van der Waals surface area contributed by atoms with E-state index in [9.17, 15) is 27.2 Å². The number of halogens is 4. The van der Waals surface area contributed by atoms with Gasteiger partial charge in [-0.2, -0.15) is 17.6 Å². The van der Waals surface area contributed by atoms with Gasteiger partial charge in [-0.15, -0.1) is 0 Å². The van der Waals surface area contributed by atoms with Crippen LogP contribution in [0.1, 0.15) is 28.4 Å². The van der Waals surface area contributed by atoms with E-state index >= 15 is 0 Å². The summed E-state index contributed by atoms with van der Waals surface area (Å²) in [5, 5.41) is 0. The molecule has 0 atom stereocenters. The first-order valence-electron chi connectivity index (χ1n) is 10.8. The van der Waals surface area contributed by atoms with Crippen molar-refractivity contribution in [2.45, 2.75) is 19.5 Å². The van der Waals surface area contributed by atoms with Crippen molar-refractivity contribution in [3.63, 3.8) is 0 Å². The highest BCUT2D eigenvalue weighted by Gasteiger charge is 2.43. The standard InChI is InChI=1S/C26H22F4N2O5/c1-2-35-24(34)21(20-14-17(31)7-12-22(20)32)13-15-3-8-18(9-4-15)36-23(33)16-5-10-19(11-6-16)37-26(29,30)25(27)28/h3-14,25H,2,31-32H2,1H3. The summed E-state index contributed by atoms with van der Waals surface area (Å²) in [6.07, 6.45) is -7.13. The van der Waals surface area contributed by atoms with Gasteiger partial charge in [0, 0.05) is 16.9 Å². The lowest BCUT2D eigenvalue weighted by Gasteiger charge is -2.16. The Balaban J connectivity index is 1.76. The molecule has 7 nitrogen and oxygen atoms in total. The van der Waals surface area contributed by atoms with E-state index in [2.05, 4.69) is 4.74 Å².